The molecular weight excluding hydrogens is 182 g/mol. The molecule has 1 aliphatic carbocycles. The van der Waals surface area contributed by atoms with Crippen LogP contribution in [0.15, 0.2) is 36.0 Å². The molecule has 0 aliphatic heterocycles. The van der Waals surface area contributed by atoms with E-state index in [4.69, 9.17) is 5.73 Å². The van der Waals surface area contributed by atoms with Crippen LogP contribution in [0.25, 0.3) is 0 Å². The predicted molar refractivity (Wildman–Crippen MR) is 67.7 cm³/mol. The highest BCUT2D eigenvalue weighted by Gasteiger charge is 2.14. The van der Waals surface area contributed by atoms with Crippen LogP contribution in [0.4, 0.5) is 0 Å². The minimum Gasteiger partial charge on any atom is -0.330 e. The average molecular weight is 205 g/mol. The Hall–Kier alpha value is -0.820. The van der Waals surface area contributed by atoms with Gasteiger partial charge in [0.05, 0.1) is 0 Å². The van der Waals surface area contributed by atoms with E-state index in [0.29, 0.717) is 5.92 Å². The van der Waals surface area contributed by atoms with Gasteiger partial charge in [-0.05, 0) is 44.6 Å². The lowest BCUT2D eigenvalue weighted by molar-refractivity contribution is 0.619. The van der Waals surface area contributed by atoms with Gasteiger partial charge in [0.1, 0.15) is 0 Å². The molecule has 0 bridgehead atoms. The smallest absolute Gasteiger partial charge is 0.00743 e. The quantitative estimate of drug-likeness (QED) is 0.539. The Morgan fingerprint density at radius 2 is 2.40 bits per heavy atom. The summed E-state index contributed by atoms with van der Waals surface area (Å²) in [5, 5.41) is 0. The Balaban J connectivity index is 2.50. The van der Waals surface area contributed by atoms with Crippen molar-refractivity contribution in [2.24, 2.45) is 11.7 Å². The number of hydrogen-bond acceptors (Lipinski definition) is 1. The van der Waals surface area contributed by atoms with Gasteiger partial charge >= 0.3 is 0 Å². The van der Waals surface area contributed by atoms with E-state index in [-0.39, 0.29) is 0 Å². The first-order valence-electron chi connectivity index (χ1n) is 5.95. The Bertz CT molecular complexity index is 261. The minimum atomic E-state index is 0.711. The van der Waals surface area contributed by atoms with Gasteiger partial charge in [-0.15, -0.1) is 6.58 Å². The summed E-state index contributed by atoms with van der Waals surface area (Å²) in [6.07, 6.45) is 12.4. The molecule has 1 rings (SSSR count). The zero-order valence-corrected chi connectivity index (χ0v) is 9.84. The molecule has 0 aromatic carbocycles. The van der Waals surface area contributed by atoms with Gasteiger partial charge in [0.2, 0.25) is 0 Å². The van der Waals surface area contributed by atoms with Gasteiger partial charge in [0, 0.05) is 0 Å². The third kappa shape index (κ3) is 4.05. The highest BCUT2D eigenvalue weighted by atomic mass is 14.5. The summed E-state index contributed by atoms with van der Waals surface area (Å²) in [4.78, 5) is 0. The highest BCUT2D eigenvalue weighted by Crippen LogP contribution is 2.30. The van der Waals surface area contributed by atoms with Crippen LogP contribution < -0.4 is 5.73 Å². The van der Waals surface area contributed by atoms with Crippen LogP contribution in [0, 0.1) is 5.92 Å². The maximum absolute atomic E-state index is 5.49. The SMILES string of the molecule is C=CCC1=CCC(=CCCCN)C(C)C1. The van der Waals surface area contributed by atoms with Gasteiger partial charge in [-0.1, -0.05) is 36.3 Å². The summed E-state index contributed by atoms with van der Waals surface area (Å²) in [6, 6.07) is 0. The van der Waals surface area contributed by atoms with E-state index in [2.05, 4.69) is 25.7 Å². The molecule has 84 valence electrons. The summed E-state index contributed by atoms with van der Waals surface area (Å²) >= 11 is 0. The molecular formula is C14H23N. The fourth-order valence-corrected chi connectivity index (χ4v) is 2.11. The van der Waals surface area contributed by atoms with Crippen LogP contribution in [0.3, 0.4) is 0 Å². The molecule has 0 radical (unpaired) electrons. The number of rotatable bonds is 5. The van der Waals surface area contributed by atoms with Crippen molar-refractivity contribution in [2.75, 3.05) is 6.54 Å². The number of hydrogen-bond donors (Lipinski definition) is 1. The molecule has 2 N–H and O–H groups in total. The first-order chi connectivity index (χ1) is 7.27. The van der Waals surface area contributed by atoms with Crippen molar-refractivity contribution in [3.05, 3.63) is 36.0 Å². The van der Waals surface area contributed by atoms with Crippen LogP contribution in [0.5, 0.6) is 0 Å². The van der Waals surface area contributed by atoms with E-state index in [0.717, 1.165) is 32.2 Å². The molecule has 0 aromatic heterocycles. The summed E-state index contributed by atoms with van der Waals surface area (Å²) in [5.41, 5.74) is 8.63. The second-order valence-electron chi connectivity index (χ2n) is 4.37. The van der Waals surface area contributed by atoms with Crippen LogP contribution in [0.1, 0.15) is 39.0 Å². The van der Waals surface area contributed by atoms with E-state index in [1.54, 1.807) is 11.1 Å². The average Bonchev–Trinajstić information content (AvgIpc) is 2.22. The van der Waals surface area contributed by atoms with E-state index in [9.17, 15) is 0 Å². The normalized spacial score (nSPS) is 24.0. The molecule has 1 nitrogen and oxygen atoms in total. The monoisotopic (exact) mass is 205 g/mol. The van der Waals surface area contributed by atoms with Crippen molar-refractivity contribution in [3.63, 3.8) is 0 Å². The van der Waals surface area contributed by atoms with Crippen molar-refractivity contribution in [2.45, 2.75) is 39.0 Å². The summed E-state index contributed by atoms with van der Waals surface area (Å²) in [7, 11) is 0. The first-order valence-corrected chi connectivity index (χ1v) is 5.95. The standard InChI is InChI=1S/C14H23N/c1-3-6-13-8-9-14(12(2)11-13)7-4-5-10-15/h3,7-8,12H,1,4-6,9-11,15H2,2H3. The van der Waals surface area contributed by atoms with Crippen molar-refractivity contribution in [1.29, 1.82) is 0 Å². The lowest BCUT2D eigenvalue weighted by Crippen LogP contribution is -2.06. The van der Waals surface area contributed by atoms with Crippen molar-refractivity contribution in [3.8, 4) is 0 Å². The maximum atomic E-state index is 5.49. The minimum absolute atomic E-state index is 0.711. The van der Waals surface area contributed by atoms with Crippen LogP contribution in [-0.4, -0.2) is 6.54 Å². The number of nitrogens with two attached hydrogens (primary N) is 1. The molecule has 1 heteroatoms. The lowest BCUT2D eigenvalue weighted by Gasteiger charge is -2.22. The first kappa shape index (κ1) is 12.3. The molecule has 0 saturated heterocycles. The molecule has 1 atom stereocenters. The summed E-state index contributed by atoms with van der Waals surface area (Å²) < 4.78 is 0. The third-order valence-corrected chi connectivity index (χ3v) is 3.05. The van der Waals surface area contributed by atoms with E-state index >= 15 is 0 Å². The van der Waals surface area contributed by atoms with Gasteiger partial charge in [-0.2, -0.15) is 0 Å². The second kappa shape index (κ2) is 6.62. The van der Waals surface area contributed by atoms with E-state index in [1.165, 1.54) is 6.42 Å². The Morgan fingerprint density at radius 1 is 1.60 bits per heavy atom. The van der Waals surface area contributed by atoms with Gasteiger partial charge in [-0.25, -0.2) is 0 Å². The second-order valence-corrected chi connectivity index (χ2v) is 4.37. The molecule has 1 unspecified atom stereocenters. The number of unbranched alkanes of at least 4 members (excludes halogenated alkanes) is 1. The van der Waals surface area contributed by atoms with Crippen LogP contribution in [-0.2, 0) is 0 Å². The van der Waals surface area contributed by atoms with Crippen molar-refractivity contribution in [1.82, 2.24) is 0 Å². The van der Waals surface area contributed by atoms with Gasteiger partial charge in [0.15, 0.2) is 0 Å². The van der Waals surface area contributed by atoms with Crippen LogP contribution >= 0.6 is 0 Å². The van der Waals surface area contributed by atoms with E-state index < -0.39 is 0 Å². The fraction of sp³-hybridized carbons (Fsp3) is 0.571. The van der Waals surface area contributed by atoms with Crippen LogP contribution in [0.2, 0.25) is 0 Å². The third-order valence-electron chi connectivity index (χ3n) is 3.05. The van der Waals surface area contributed by atoms with Gasteiger partial charge in [-0.3, -0.25) is 0 Å². The zero-order valence-electron chi connectivity index (χ0n) is 9.84. The molecule has 0 aromatic rings. The molecule has 15 heavy (non-hydrogen) atoms. The molecule has 0 fully saturated rings. The Morgan fingerprint density at radius 3 is 3.00 bits per heavy atom. The highest BCUT2D eigenvalue weighted by molar-refractivity contribution is 5.23. The molecule has 1 aliphatic rings. The zero-order chi connectivity index (χ0) is 11.1. The maximum Gasteiger partial charge on any atom is -0.00743 e. The summed E-state index contributed by atoms with van der Waals surface area (Å²) in [6.45, 7) is 6.92. The van der Waals surface area contributed by atoms with Gasteiger partial charge in [0.25, 0.3) is 0 Å². The molecule has 0 amide bonds. The molecule has 0 heterocycles. The Kier molecular flexibility index (Phi) is 5.41. The summed E-state index contributed by atoms with van der Waals surface area (Å²) in [5.74, 6) is 0.711. The number of allylic oxidation sites excluding steroid dienone is 5. The molecule has 0 spiro atoms. The van der Waals surface area contributed by atoms with Crippen molar-refractivity contribution < 1.29 is 0 Å². The van der Waals surface area contributed by atoms with Crippen molar-refractivity contribution >= 4 is 0 Å². The predicted octanol–water partition coefficient (Wildman–Crippen LogP) is 3.58. The Labute approximate surface area is 93.7 Å². The lowest BCUT2D eigenvalue weighted by atomic mass is 9.84. The molecule has 0 saturated carbocycles. The topological polar surface area (TPSA) is 26.0 Å². The van der Waals surface area contributed by atoms with E-state index in [1.807, 2.05) is 6.08 Å². The largest absolute Gasteiger partial charge is 0.330 e. The fourth-order valence-electron chi connectivity index (χ4n) is 2.11. The van der Waals surface area contributed by atoms with Gasteiger partial charge < -0.3 is 5.73 Å².